The van der Waals surface area contributed by atoms with Crippen LogP contribution in [0.4, 0.5) is 11.4 Å². The Balaban J connectivity index is 1.06. The molecule has 4 aliphatic rings. The zero-order valence-electron chi connectivity index (χ0n) is 30.1. The van der Waals surface area contributed by atoms with E-state index in [9.17, 15) is 0 Å². The molecule has 1 spiro atoms. The third kappa shape index (κ3) is 4.14. The molecule has 0 amide bonds. The average molecular weight is 702 g/mol. The maximum Gasteiger partial charge on any atom is 0.149 e. The Morgan fingerprint density at radius 2 is 1.02 bits per heavy atom. The lowest BCUT2D eigenvalue weighted by molar-refractivity contribution is 0.253. The molecule has 0 radical (unpaired) electrons. The lowest BCUT2D eigenvalue weighted by atomic mass is 9.70. The third-order valence-electron chi connectivity index (χ3n) is 12.4. The van der Waals surface area contributed by atoms with Gasteiger partial charge in [-0.2, -0.15) is 0 Å². The van der Waals surface area contributed by atoms with Crippen LogP contribution in [0.15, 0.2) is 206 Å². The summed E-state index contributed by atoms with van der Waals surface area (Å²) in [4.78, 5) is 2.44. The molecule has 3 aliphatic carbocycles. The molecule has 0 aromatic heterocycles. The van der Waals surface area contributed by atoms with Crippen LogP contribution in [-0.2, 0) is 5.41 Å². The van der Waals surface area contributed by atoms with Crippen molar-refractivity contribution in [2.45, 2.75) is 17.4 Å². The molecule has 258 valence electrons. The first kappa shape index (κ1) is 30.6. The van der Waals surface area contributed by atoms with E-state index in [0.717, 1.165) is 22.8 Å². The second-order valence-electron chi connectivity index (χ2n) is 15.1. The van der Waals surface area contributed by atoms with Gasteiger partial charge < -0.3 is 9.64 Å². The van der Waals surface area contributed by atoms with Crippen LogP contribution < -0.4 is 9.64 Å². The number of nitrogens with zero attached hydrogens (tertiary/aromatic N) is 1. The summed E-state index contributed by atoms with van der Waals surface area (Å²) in [6.45, 7) is 0. The van der Waals surface area contributed by atoms with E-state index in [2.05, 4.69) is 205 Å². The van der Waals surface area contributed by atoms with Crippen LogP contribution in [0.2, 0.25) is 0 Å². The van der Waals surface area contributed by atoms with Crippen molar-refractivity contribution in [1.29, 1.82) is 0 Å². The Hall–Kier alpha value is -6.90. The molecule has 0 fully saturated rings. The van der Waals surface area contributed by atoms with Crippen molar-refractivity contribution in [3.63, 3.8) is 0 Å². The first-order chi connectivity index (χ1) is 27.3. The van der Waals surface area contributed by atoms with E-state index in [0.29, 0.717) is 0 Å². The van der Waals surface area contributed by atoms with E-state index in [1.807, 2.05) is 0 Å². The summed E-state index contributed by atoms with van der Waals surface area (Å²) in [5.74, 6) is 1.02. The molecular formula is C53H35NO. The van der Waals surface area contributed by atoms with Crippen molar-refractivity contribution in [2.75, 3.05) is 4.90 Å². The van der Waals surface area contributed by atoms with Gasteiger partial charge in [-0.3, -0.25) is 0 Å². The molecule has 12 rings (SSSR count). The Morgan fingerprint density at radius 1 is 0.455 bits per heavy atom. The van der Waals surface area contributed by atoms with Crippen molar-refractivity contribution in [3.05, 3.63) is 234 Å². The number of allylic oxidation sites excluding steroid dienone is 2. The van der Waals surface area contributed by atoms with Gasteiger partial charge in [0.05, 0.1) is 11.1 Å². The van der Waals surface area contributed by atoms with Gasteiger partial charge >= 0.3 is 0 Å². The molecule has 2 nitrogen and oxygen atoms in total. The summed E-state index contributed by atoms with van der Waals surface area (Å²) < 4.78 is 7.19. The number of para-hydroxylation sites is 1. The van der Waals surface area contributed by atoms with Gasteiger partial charge in [0.15, 0.2) is 0 Å². The quantitative estimate of drug-likeness (QED) is 0.181. The molecule has 2 heteroatoms. The van der Waals surface area contributed by atoms with Crippen LogP contribution in [0.25, 0.3) is 44.2 Å². The molecule has 55 heavy (non-hydrogen) atoms. The van der Waals surface area contributed by atoms with Crippen molar-refractivity contribution < 1.29 is 4.74 Å². The first-order valence-corrected chi connectivity index (χ1v) is 19.3. The summed E-state index contributed by atoms with van der Waals surface area (Å²) in [6.07, 6.45) is 6.62. The van der Waals surface area contributed by atoms with Gasteiger partial charge in [0, 0.05) is 22.9 Å². The highest BCUT2D eigenvalue weighted by atomic mass is 16.5. The summed E-state index contributed by atoms with van der Waals surface area (Å²) >= 11 is 0. The maximum absolute atomic E-state index is 7.19. The summed E-state index contributed by atoms with van der Waals surface area (Å²) in [5, 5.41) is 2.50. The van der Waals surface area contributed by atoms with Crippen molar-refractivity contribution in [3.8, 4) is 39.1 Å². The normalized spacial score (nSPS) is 17.4. The third-order valence-corrected chi connectivity index (χ3v) is 12.4. The Labute approximate surface area is 320 Å². The largest absolute Gasteiger partial charge is 0.483 e. The fourth-order valence-electron chi connectivity index (χ4n) is 10.3. The van der Waals surface area contributed by atoms with Crippen LogP contribution in [0.1, 0.15) is 33.7 Å². The second kappa shape index (κ2) is 11.5. The van der Waals surface area contributed by atoms with Gasteiger partial charge in [-0.1, -0.05) is 164 Å². The molecule has 8 aromatic rings. The Bertz CT molecular complexity index is 2860. The van der Waals surface area contributed by atoms with E-state index in [1.54, 1.807) is 0 Å². The van der Waals surface area contributed by atoms with E-state index in [4.69, 9.17) is 4.74 Å². The monoisotopic (exact) mass is 701 g/mol. The van der Waals surface area contributed by atoms with Gasteiger partial charge in [0.25, 0.3) is 0 Å². The highest BCUT2D eigenvalue weighted by molar-refractivity contribution is 6.01. The van der Waals surface area contributed by atoms with Crippen LogP contribution >= 0.6 is 0 Å². The Kier molecular flexibility index (Phi) is 6.41. The smallest absolute Gasteiger partial charge is 0.149 e. The lowest BCUT2D eigenvalue weighted by Crippen LogP contribution is -2.33. The van der Waals surface area contributed by atoms with E-state index in [-0.39, 0.29) is 12.0 Å². The van der Waals surface area contributed by atoms with Crippen molar-refractivity contribution in [2.24, 2.45) is 0 Å². The van der Waals surface area contributed by atoms with Crippen LogP contribution in [0.3, 0.4) is 0 Å². The Morgan fingerprint density at radius 3 is 1.69 bits per heavy atom. The number of anilines is 2. The maximum atomic E-state index is 7.19. The molecule has 8 aromatic carbocycles. The van der Waals surface area contributed by atoms with Crippen LogP contribution in [0, 0.1) is 0 Å². The van der Waals surface area contributed by atoms with Crippen molar-refractivity contribution in [1.82, 2.24) is 0 Å². The number of benzene rings is 8. The fourth-order valence-corrected chi connectivity index (χ4v) is 10.3. The van der Waals surface area contributed by atoms with Crippen LogP contribution in [-0.4, -0.2) is 6.10 Å². The zero-order valence-corrected chi connectivity index (χ0v) is 30.1. The van der Waals surface area contributed by atoms with E-state index < -0.39 is 5.41 Å². The molecule has 0 N–H and O–H groups in total. The molecule has 1 aliphatic heterocycles. The van der Waals surface area contributed by atoms with Gasteiger partial charge in [0.1, 0.15) is 11.9 Å². The molecule has 0 saturated heterocycles. The van der Waals surface area contributed by atoms with Gasteiger partial charge in [-0.15, -0.1) is 0 Å². The van der Waals surface area contributed by atoms with Gasteiger partial charge in [-0.25, -0.2) is 0 Å². The highest BCUT2D eigenvalue weighted by Gasteiger charge is 2.52. The molecule has 1 heterocycles. The van der Waals surface area contributed by atoms with E-state index >= 15 is 0 Å². The number of fused-ring (bicyclic) bond motifs is 15. The number of rotatable bonds is 4. The predicted octanol–water partition coefficient (Wildman–Crippen LogP) is 13.0. The zero-order chi connectivity index (χ0) is 36.1. The molecule has 0 saturated carbocycles. The van der Waals surface area contributed by atoms with E-state index in [1.165, 1.54) is 72.0 Å². The molecule has 2 unspecified atom stereocenters. The second-order valence-corrected chi connectivity index (χ2v) is 15.1. The molecule has 0 bridgehead atoms. The lowest BCUT2D eigenvalue weighted by Gasteiger charge is -2.35. The van der Waals surface area contributed by atoms with Crippen LogP contribution in [0.5, 0.6) is 5.75 Å². The highest BCUT2D eigenvalue weighted by Crippen LogP contribution is 2.63. The minimum atomic E-state index is -0.423. The first-order valence-electron chi connectivity index (χ1n) is 19.3. The number of ether oxygens (including phenoxy) is 1. The summed E-state index contributed by atoms with van der Waals surface area (Å²) in [6, 6.07) is 66.8. The summed E-state index contributed by atoms with van der Waals surface area (Å²) in [7, 11) is 0. The topological polar surface area (TPSA) is 12.5 Å². The van der Waals surface area contributed by atoms with Crippen molar-refractivity contribution >= 4 is 22.1 Å². The minimum Gasteiger partial charge on any atom is -0.483 e. The molecular weight excluding hydrogens is 667 g/mol. The molecule has 2 atom stereocenters. The van der Waals surface area contributed by atoms with Gasteiger partial charge in [-0.05, 0) is 103 Å². The minimum absolute atomic E-state index is 0.0644. The number of hydrogen-bond acceptors (Lipinski definition) is 2. The average Bonchev–Trinajstić information content (AvgIpc) is 3.89. The standard InChI is InChI=1S/C53H35NO/c1-3-16-34(17-4-1)44-33-50-51(42-24-8-7-20-37(42)44)43-25-15-29-49(52(43)55-50)54(35-18-5-2-6-19-35)36-30-31-41-40-23-11-14-28-47(40)53(48(41)32-36)45-26-12-9-21-38(45)39-22-10-13-27-46(39)53/h1-33,43,52H. The SMILES string of the molecule is C1=CC2c3c(cc(-c4ccccc4)c4ccccc34)OC2C(N(c2ccccc2)c2ccc3c(c2)C2(c4ccccc4-c4ccccc42)c2ccccc2-3)=C1. The number of hydrogen-bond donors (Lipinski definition) is 0. The van der Waals surface area contributed by atoms with Gasteiger partial charge in [0.2, 0.25) is 0 Å². The summed E-state index contributed by atoms with van der Waals surface area (Å²) in [5.41, 5.74) is 17.2. The predicted molar refractivity (Wildman–Crippen MR) is 225 cm³/mol. The fraction of sp³-hybridized carbons (Fsp3) is 0.0566.